The lowest BCUT2D eigenvalue weighted by Gasteiger charge is -2.19. The first kappa shape index (κ1) is 43.8. The van der Waals surface area contributed by atoms with E-state index in [1.165, 1.54) is 96.3 Å². The molecule has 0 saturated carbocycles. The van der Waals surface area contributed by atoms with Crippen LogP contribution in [-0.4, -0.2) is 49.3 Å². The van der Waals surface area contributed by atoms with Crippen LogP contribution in [0.2, 0.25) is 0 Å². The first-order valence-corrected chi connectivity index (χ1v) is 19.6. The fourth-order valence-corrected chi connectivity index (χ4v) is 5.85. The Morgan fingerprint density at radius 3 is 1.60 bits per heavy atom. The molecule has 0 radical (unpaired) electrons. The maximum atomic E-state index is 12.5. The van der Waals surface area contributed by atoms with Crippen molar-refractivity contribution < 1.29 is 37.6 Å². The second-order valence-electron chi connectivity index (χ2n) is 12.2. The van der Waals surface area contributed by atoms with Gasteiger partial charge in [-0.15, -0.1) is 6.58 Å². The molecule has 0 heterocycles. The van der Waals surface area contributed by atoms with Crippen molar-refractivity contribution >= 4 is 19.8 Å². The molecule has 0 amide bonds. The van der Waals surface area contributed by atoms with Crippen LogP contribution in [0.25, 0.3) is 0 Å². The number of hydrogen-bond donors (Lipinski definition) is 2. The highest BCUT2D eigenvalue weighted by molar-refractivity contribution is 7.47. The molecule has 1 unspecified atom stereocenters. The van der Waals surface area contributed by atoms with Crippen molar-refractivity contribution in [3.05, 3.63) is 12.7 Å². The minimum Gasteiger partial charge on any atom is -0.462 e. The van der Waals surface area contributed by atoms with E-state index in [2.05, 4.69) is 13.5 Å². The molecule has 0 rings (SSSR count). The lowest BCUT2D eigenvalue weighted by atomic mass is 10.0. The number of carbonyl (C=O) groups is 2. The van der Waals surface area contributed by atoms with E-state index in [1.54, 1.807) is 0 Å². The number of ether oxygens (including phenoxy) is 2. The van der Waals surface area contributed by atoms with E-state index in [1.807, 2.05) is 6.08 Å². The number of esters is 2. The molecule has 0 saturated heterocycles. The molecule has 0 aromatic heterocycles. The zero-order valence-corrected chi connectivity index (χ0v) is 29.6. The minimum absolute atomic E-state index is 0.0553. The summed E-state index contributed by atoms with van der Waals surface area (Å²) in [6.07, 6.45) is 28.5. The highest BCUT2D eigenvalue weighted by Crippen LogP contribution is 2.43. The van der Waals surface area contributed by atoms with Gasteiger partial charge < -0.3 is 20.1 Å². The number of hydrogen-bond acceptors (Lipinski definition) is 8. The highest BCUT2D eigenvalue weighted by atomic mass is 31.2. The van der Waals surface area contributed by atoms with E-state index in [-0.39, 0.29) is 38.6 Å². The molecule has 0 aliphatic rings. The third-order valence-corrected chi connectivity index (χ3v) is 8.78. The van der Waals surface area contributed by atoms with Gasteiger partial charge in [0.25, 0.3) is 0 Å². The molecule has 0 aliphatic heterocycles. The predicted octanol–water partition coefficient (Wildman–Crippen LogP) is 9.49. The molecule has 0 aromatic rings. The largest absolute Gasteiger partial charge is 0.472 e. The molecule has 9 nitrogen and oxygen atoms in total. The summed E-state index contributed by atoms with van der Waals surface area (Å²) in [5.41, 5.74) is 5.32. The minimum atomic E-state index is -4.36. The smallest absolute Gasteiger partial charge is 0.462 e. The zero-order valence-electron chi connectivity index (χ0n) is 28.7. The van der Waals surface area contributed by atoms with Crippen molar-refractivity contribution in [3.8, 4) is 0 Å². The Morgan fingerprint density at radius 1 is 0.689 bits per heavy atom. The van der Waals surface area contributed by atoms with Gasteiger partial charge in [-0.2, -0.15) is 0 Å². The van der Waals surface area contributed by atoms with E-state index in [0.717, 1.165) is 44.9 Å². The summed E-state index contributed by atoms with van der Waals surface area (Å²) in [4.78, 5) is 34.6. The second-order valence-corrected chi connectivity index (χ2v) is 13.6. The summed E-state index contributed by atoms with van der Waals surface area (Å²) in [5.74, 6) is -0.830. The van der Waals surface area contributed by atoms with Crippen LogP contribution in [0.4, 0.5) is 0 Å². The Balaban J connectivity index is 4.18. The lowest BCUT2D eigenvalue weighted by Crippen LogP contribution is -2.29. The number of phosphoric acid groups is 1. The molecule has 10 heteroatoms. The van der Waals surface area contributed by atoms with Crippen LogP contribution in [-0.2, 0) is 32.7 Å². The van der Waals surface area contributed by atoms with Gasteiger partial charge in [0.1, 0.15) is 6.61 Å². The number of unbranched alkanes of at least 4 members (excludes halogenated alkanes) is 21. The fourth-order valence-electron chi connectivity index (χ4n) is 5.08. The van der Waals surface area contributed by atoms with Gasteiger partial charge >= 0.3 is 19.8 Å². The van der Waals surface area contributed by atoms with E-state index < -0.39 is 26.5 Å². The van der Waals surface area contributed by atoms with Crippen molar-refractivity contribution in [2.24, 2.45) is 5.73 Å². The number of phosphoric ester groups is 1. The van der Waals surface area contributed by atoms with Crippen LogP contribution in [0.5, 0.6) is 0 Å². The number of rotatable bonds is 35. The first-order valence-electron chi connectivity index (χ1n) is 18.1. The molecule has 0 fully saturated rings. The summed E-state index contributed by atoms with van der Waals surface area (Å²) in [7, 11) is -4.36. The zero-order chi connectivity index (χ0) is 33.3. The normalized spacial score (nSPS) is 13.3. The summed E-state index contributed by atoms with van der Waals surface area (Å²) >= 11 is 0. The van der Waals surface area contributed by atoms with Crippen molar-refractivity contribution in [2.45, 2.75) is 174 Å². The number of nitrogens with two attached hydrogens (primary N) is 1. The van der Waals surface area contributed by atoms with E-state index in [4.69, 9.17) is 24.3 Å². The Hall–Kier alpha value is -1.25. The van der Waals surface area contributed by atoms with Crippen LogP contribution in [0.15, 0.2) is 12.7 Å². The van der Waals surface area contributed by atoms with Gasteiger partial charge in [0.2, 0.25) is 0 Å². The van der Waals surface area contributed by atoms with E-state index >= 15 is 0 Å². The Kier molecular flexibility index (Phi) is 31.8. The van der Waals surface area contributed by atoms with Crippen LogP contribution >= 0.6 is 7.82 Å². The van der Waals surface area contributed by atoms with E-state index in [0.29, 0.717) is 6.42 Å². The van der Waals surface area contributed by atoms with E-state index in [9.17, 15) is 19.0 Å². The average Bonchev–Trinajstić information content (AvgIpc) is 3.02. The van der Waals surface area contributed by atoms with Crippen molar-refractivity contribution in [2.75, 3.05) is 26.4 Å². The summed E-state index contributed by atoms with van der Waals surface area (Å²) in [5, 5.41) is 0. The standard InChI is InChI=1S/C35H68NO8P/c1-3-5-7-9-11-13-14-15-16-17-18-20-22-24-26-28-35(38)44-33(32-43-45(39,40)42-30-29-36)31-41-34(37)27-25-23-21-19-12-10-8-6-4-2/h3,33H,1,4-32,36H2,2H3,(H,39,40)/t33-/m1/s1. The number of carbonyl (C=O) groups excluding carboxylic acids is 2. The Bertz CT molecular complexity index is 751. The molecule has 0 aliphatic carbocycles. The Labute approximate surface area is 275 Å². The van der Waals surface area contributed by atoms with Crippen LogP contribution in [0.1, 0.15) is 167 Å². The van der Waals surface area contributed by atoms with Crippen LogP contribution in [0, 0.1) is 0 Å². The first-order chi connectivity index (χ1) is 21.8. The van der Waals surface area contributed by atoms with Crippen molar-refractivity contribution in [1.82, 2.24) is 0 Å². The van der Waals surface area contributed by atoms with Crippen molar-refractivity contribution in [1.29, 1.82) is 0 Å². The Morgan fingerprint density at radius 2 is 1.13 bits per heavy atom. The summed E-state index contributed by atoms with van der Waals surface area (Å²) in [6.45, 7) is 5.21. The summed E-state index contributed by atoms with van der Waals surface area (Å²) < 4.78 is 32.5. The SMILES string of the molecule is C=CCCCCCCCCCCCCCCCC(=O)O[C@H](COC(=O)CCCCCCCCCCC)COP(=O)(O)OCCN. The predicted molar refractivity (Wildman–Crippen MR) is 183 cm³/mol. The highest BCUT2D eigenvalue weighted by Gasteiger charge is 2.25. The molecule has 266 valence electrons. The lowest BCUT2D eigenvalue weighted by molar-refractivity contribution is -0.161. The van der Waals surface area contributed by atoms with Gasteiger partial charge in [0, 0.05) is 19.4 Å². The van der Waals surface area contributed by atoms with Gasteiger partial charge in [0.05, 0.1) is 13.2 Å². The molecule has 45 heavy (non-hydrogen) atoms. The van der Waals surface area contributed by atoms with Gasteiger partial charge in [-0.25, -0.2) is 4.57 Å². The van der Waals surface area contributed by atoms with Crippen LogP contribution < -0.4 is 5.73 Å². The maximum absolute atomic E-state index is 12.5. The third-order valence-electron chi connectivity index (χ3n) is 7.80. The van der Waals surface area contributed by atoms with Gasteiger partial charge in [-0.3, -0.25) is 18.6 Å². The molecule has 0 aromatic carbocycles. The molecular formula is C35H68NO8P. The van der Waals surface area contributed by atoms with Gasteiger partial charge in [-0.1, -0.05) is 135 Å². The fraction of sp³-hybridized carbons (Fsp3) is 0.886. The monoisotopic (exact) mass is 661 g/mol. The second kappa shape index (κ2) is 32.7. The molecule has 2 atom stereocenters. The maximum Gasteiger partial charge on any atom is 0.472 e. The molecule has 0 bridgehead atoms. The van der Waals surface area contributed by atoms with Gasteiger partial charge in [0.15, 0.2) is 6.10 Å². The van der Waals surface area contributed by atoms with Crippen molar-refractivity contribution in [3.63, 3.8) is 0 Å². The van der Waals surface area contributed by atoms with Gasteiger partial charge in [-0.05, 0) is 25.7 Å². The molecule has 3 N–H and O–H groups in total. The quantitative estimate of drug-likeness (QED) is 0.0295. The number of allylic oxidation sites excluding steroid dienone is 1. The van der Waals surface area contributed by atoms with Crippen LogP contribution in [0.3, 0.4) is 0 Å². The third kappa shape index (κ3) is 32.5. The molecular weight excluding hydrogens is 593 g/mol. The molecule has 0 spiro atoms. The summed E-state index contributed by atoms with van der Waals surface area (Å²) in [6, 6.07) is 0. The average molecular weight is 662 g/mol. The topological polar surface area (TPSA) is 134 Å².